The van der Waals surface area contributed by atoms with Gasteiger partial charge in [-0.15, -0.1) is 0 Å². The van der Waals surface area contributed by atoms with Crippen LogP contribution < -0.4 is 11.0 Å². The quantitative estimate of drug-likeness (QED) is 0.635. The molecule has 0 aliphatic heterocycles. The first kappa shape index (κ1) is 16.6. The van der Waals surface area contributed by atoms with E-state index in [2.05, 4.69) is 34.3 Å². The Bertz CT molecular complexity index is 1010. The summed E-state index contributed by atoms with van der Waals surface area (Å²) in [4.78, 5) is 27.4. The van der Waals surface area contributed by atoms with E-state index in [4.69, 9.17) is 0 Å². The lowest BCUT2D eigenvalue weighted by atomic mass is 10.1. The molecule has 2 heterocycles. The fourth-order valence-electron chi connectivity index (χ4n) is 3.15. The second kappa shape index (κ2) is 6.48. The lowest BCUT2D eigenvalue weighted by molar-refractivity contribution is 0.102. The fourth-order valence-corrected chi connectivity index (χ4v) is 3.15. The van der Waals surface area contributed by atoms with Gasteiger partial charge in [0.25, 0.3) is 5.91 Å². The van der Waals surface area contributed by atoms with E-state index in [-0.39, 0.29) is 11.6 Å². The third-order valence-corrected chi connectivity index (χ3v) is 4.75. The molecule has 3 aromatic rings. The van der Waals surface area contributed by atoms with E-state index in [9.17, 15) is 9.59 Å². The number of carbonyl (C=O) groups excluding carboxylic acids is 1. The molecule has 1 aromatic carbocycles. The molecule has 26 heavy (non-hydrogen) atoms. The third kappa shape index (κ3) is 3.29. The Hall–Kier alpha value is -2.83. The normalized spacial score (nSPS) is 14.3. The van der Waals surface area contributed by atoms with Crippen molar-refractivity contribution in [2.45, 2.75) is 45.6 Å². The van der Waals surface area contributed by atoms with Gasteiger partial charge < -0.3 is 10.3 Å². The van der Waals surface area contributed by atoms with Crippen molar-refractivity contribution in [2.75, 3.05) is 5.32 Å². The molecule has 0 bridgehead atoms. The molecule has 1 fully saturated rings. The molecule has 136 valence electrons. The summed E-state index contributed by atoms with van der Waals surface area (Å²) >= 11 is 0. The lowest BCUT2D eigenvalue weighted by Crippen LogP contribution is -2.14. The third-order valence-electron chi connectivity index (χ3n) is 4.75. The van der Waals surface area contributed by atoms with Gasteiger partial charge in [0.1, 0.15) is 0 Å². The fraction of sp³-hybridized carbons (Fsp3) is 0.421. The standard InChI is InChI=1S/C19H23N5O2/c1-11(2)3-5-13-10-17(23-22-13)21-18(25)12-4-8-16-15(9-12)20-19(26)24(16)14-6-7-14/h4,8-11,14H,3,5-7H2,1-2H3,(H,20,26)(H2,21,22,23,25). The summed E-state index contributed by atoms with van der Waals surface area (Å²) in [6.07, 6.45) is 4.04. The average Bonchev–Trinajstić information content (AvgIpc) is 3.23. The van der Waals surface area contributed by atoms with Gasteiger partial charge in [0.2, 0.25) is 0 Å². The number of aromatic nitrogens is 4. The number of nitrogens with one attached hydrogen (secondary N) is 3. The number of fused-ring (bicyclic) bond motifs is 1. The SMILES string of the molecule is CC(C)CCc1cc(NC(=O)c2ccc3c(c2)[nH]c(=O)n3C2CC2)n[nH]1. The molecule has 0 spiro atoms. The minimum atomic E-state index is -0.242. The van der Waals surface area contributed by atoms with Crippen molar-refractivity contribution < 1.29 is 4.79 Å². The van der Waals surface area contributed by atoms with E-state index < -0.39 is 0 Å². The van der Waals surface area contributed by atoms with Gasteiger partial charge in [-0.1, -0.05) is 13.8 Å². The zero-order valence-corrected chi connectivity index (χ0v) is 15.0. The van der Waals surface area contributed by atoms with Crippen LogP contribution in [0.15, 0.2) is 29.1 Å². The van der Waals surface area contributed by atoms with Crippen molar-refractivity contribution in [2.24, 2.45) is 5.92 Å². The number of hydrogen-bond acceptors (Lipinski definition) is 3. The molecule has 7 heteroatoms. The second-order valence-corrected chi connectivity index (χ2v) is 7.43. The maximum absolute atomic E-state index is 12.5. The smallest absolute Gasteiger partial charge is 0.306 e. The van der Waals surface area contributed by atoms with Gasteiger partial charge in [-0.3, -0.25) is 14.5 Å². The molecular weight excluding hydrogens is 330 g/mol. The first-order chi connectivity index (χ1) is 12.5. The van der Waals surface area contributed by atoms with Crippen LogP contribution in [0.2, 0.25) is 0 Å². The highest BCUT2D eigenvalue weighted by Crippen LogP contribution is 2.35. The maximum atomic E-state index is 12.5. The van der Waals surface area contributed by atoms with Gasteiger partial charge >= 0.3 is 5.69 Å². The monoisotopic (exact) mass is 353 g/mol. The Morgan fingerprint density at radius 1 is 1.35 bits per heavy atom. The Balaban J connectivity index is 1.50. The van der Waals surface area contributed by atoms with Crippen molar-refractivity contribution >= 4 is 22.8 Å². The molecule has 0 saturated heterocycles. The largest absolute Gasteiger partial charge is 0.326 e. The topological polar surface area (TPSA) is 95.6 Å². The number of carbonyl (C=O) groups is 1. The van der Waals surface area contributed by atoms with E-state index in [1.807, 2.05) is 12.1 Å². The summed E-state index contributed by atoms with van der Waals surface area (Å²) in [5.41, 5.74) is 2.94. The van der Waals surface area contributed by atoms with E-state index in [0.717, 1.165) is 36.9 Å². The van der Waals surface area contributed by atoms with Crippen molar-refractivity contribution in [3.05, 3.63) is 46.0 Å². The number of aryl methyl sites for hydroxylation is 1. The van der Waals surface area contributed by atoms with Crippen LogP contribution >= 0.6 is 0 Å². The van der Waals surface area contributed by atoms with Crippen LogP contribution in [0.5, 0.6) is 0 Å². The molecule has 3 N–H and O–H groups in total. The number of amides is 1. The zero-order chi connectivity index (χ0) is 18.3. The first-order valence-electron chi connectivity index (χ1n) is 9.11. The minimum Gasteiger partial charge on any atom is -0.306 e. The van der Waals surface area contributed by atoms with Crippen LogP contribution in [-0.2, 0) is 6.42 Å². The van der Waals surface area contributed by atoms with Gasteiger partial charge in [0.15, 0.2) is 5.82 Å². The van der Waals surface area contributed by atoms with Gasteiger partial charge in [-0.2, -0.15) is 5.10 Å². The maximum Gasteiger partial charge on any atom is 0.326 e. The highest BCUT2D eigenvalue weighted by atomic mass is 16.2. The molecule has 4 rings (SSSR count). The summed E-state index contributed by atoms with van der Waals surface area (Å²) < 4.78 is 1.78. The van der Waals surface area contributed by atoms with Crippen molar-refractivity contribution in [1.82, 2.24) is 19.7 Å². The van der Waals surface area contributed by atoms with Crippen LogP contribution in [0.4, 0.5) is 5.82 Å². The minimum absolute atomic E-state index is 0.109. The molecule has 0 radical (unpaired) electrons. The van der Waals surface area contributed by atoms with Crippen LogP contribution in [0.1, 0.15) is 55.2 Å². The van der Waals surface area contributed by atoms with Gasteiger partial charge in [0, 0.05) is 23.4 Å². The van der Waals surface area contributed by atoms with Crippen LogP contribution in [0, 0.1) is 5.92 Å². The predicted molar refractivity (Wildman–Crippen MR) is 101 cm³/mol. The van der Waals surface area contributed by atoms with E-state index >= 15 is 0 Å². The van der Waals surface area contributed by atoms with Crippen molar-refractivity contribution in [3.63, 3.8) is 0 Å². The highest BCUT2D eigenvalue weighted by molar-refractivity contribution is 6.05. The van der Waals surface area contributed by atoms with Crippen LogP contribution in [-0.4, -0.2) is 25.7 Å². The Morgan fingerprint density at radius 3 is 2.88 bits per heavy atom. The molecule has 1 aliphatic rings. The Kier molecular flexibility index (Phi) is 4.14. The van der Waals surface area contributed by atoms with Crippen LogP contribution in [0.25, 0.3) is 11.0 Å². The zero-order valence-electron chi connectivity index (χ0n) is 15.0. The van der Waals surface area contributed by atoms with Gasteiger partial charge in [-0.05, 0) is 49.8 Å². The van der Waals surface area contributed by atoms with E-state index in [0.29, 0.717) is 28.9 Å². The first-order valence-corrected chi connectivity index (χ1v) is 9.11. The number of aromatic amines is 2. The summed E-state index contributed by atoms with van der Waals surface area (Å²) in [5, 5.41) is 9.92. The summed E-state index contributed by atoms with van der Waals surface area (Å²) in [6.45, 7) is 4.35. The van der Waals surface area contributed by atoms with Crippen molar-refractivity contribution in [1.29, 1.82) is 0 Å². The number of H-pyrrole nitrogens is 2. The number of anilines is 1. The molecule has 1 amide bonds. The molecule has 0 unspecified atom stereocenters. The number of imidazole rings is 1. The second-order valence-electron chi connectivity index (χ2n) is 7.43. The summed E-state index contributed by atoms with van der Waals surface area (Å²) in [5.74, 6) is 0.889. The molecule has 2 aromatic heterocycles. The Labute approximate surface area is 150 Å². The highest BCUT2D eigenvalue weighted by Gasteiger charge is 2.27. The molecular formula is C19H23N5O2. The molecule has 1 aliphatic carbocycles. The molecule has 7 nitrogen and oxygen atoms in total. The average molecular weight is 353 g/mol. The number of nitrogens with zero attached hydrogens (tertiary/aromatic N) is 2. The lowest BCUT2D eigenvalue weighted by Gasteiger charge is -2.03. The summed E-state index contributed by atoms with van der Waals surface area (Å²) in [6, 6.07) is 7.46. The van der Waals surface area contributed by atoms with E-state index in [1.165, 1.54) is 0 Å². The Morgan fingerprint density at radius 2 is 2.15 bits per heavy atom. The number of hydrogen-bond donors (Lipinski definition) is 3. The van der Waals surface area contributed by atoms with Crippen molar-refractivity contribution in [3.8, 4) is 0 Å². The molecule has 1 saturated carbocycles. The molecule has 0 atom stereocenters. The number of rotatable bonds is 6. The number of benzene rings is 1. The predicted octanol–water partition coefficient (Wildman–Crippen LogP) is 3.23. The summed E-state index contributed by atoms with van der Waals surface area (Å²) in [7, 11) is 0. The van der Waals surface area contributed by atoms with Gasteiger partial charge in [0.05, 0.1) is 11.0 Å². The van der Waals surface area contributed by atoms with Crippen LogP contribution in [0.3, 0.4) is 0 Å². The van der Waals surface area contributed by atoms with E-state index in [1.54, 1.807) is 16.7 Å². The van der Waals surface area contributed by atoms with Gasteiger partial charge in [-0.25, -0.2) is 4.79 Å².